The van der Waals surface area contributed by atoms with Crippen molar-refractivity contribution in [1.29, 1.82) is 0 Å². The molecule has 7 heteroatoms. The molecule has 1 N–H and O–H groups in total. The van der Waals surface area contributed by atoms with Crippen LogP contribution < -0.4 is 14.8 Å². The van der Waals surface area contributed by atoms with Gasteiger partial charge in [0.15, 0.2) is 11.5 Å². The number of carbonyl (C=O) groups excluding carboxylic acids is 2. The predicted molar refractivity (Wildman–Crippen MR) is 104 cm³/mol. The molecular weight excluding hydrogens is 370 g/mol. The Morgan fingerprint density at radius 2 is 1.96 bits per heavy atom. The number of halogens is 1. The van der Waals surface area contributed by atoms with E-state index in [0.29, 0.717) is 41.5 Å². The molecule has 1 fully saturated rings. The molecule has 0 spiro atoms. The van der Waals surface area contributed by atoms with Crippen molar-refractivity contribution in [3.8, 4) is 11.5 Å². The van der Waals surface area contributed by atoms with E-state index in [1.807, 2.05) is 6.92 Å². The van der Waals surface area contributed by atoms with Crippen LogP contribution in [-0.4, -0.2) is 38.2 Å². The number of amides is 1. The van der Waals surface area contributed by atoms with E-state index in [0.717, 1.165) is 19.3 Å². The van der Waals surface area contributed by atoms with Crippen LogP contribution in [0.1, 0.15) is 44.6 Å². The van der Waals surface area contributed by atoms with E-state index in [1.165, 1.54) is 20.3 Å². The van der Waals surface area contributed by atoms with Gasteiger partial charge in [0.05, 0.1) is 25.8 Å². The van der Waals surface area contributed by atoms with Crippen molar-refractivity contribution in [3.63, 3.8) is 0 Å². The molecule has 27 heavy (non-hydrogen) atoms. The first-order chi connectivity index (χ1) is 13.0. The van der Waals surface area contributed by atoms with Crippen LogP contribution in [0.15, 0.2) is 18.2 Å². The highest BCUT2D eigenvalue weighted by Crippen LogP contribution is 2.37. The Labute approximate surface area is 164 Å². The maximum Gasteiger partial charge on any atom is 0.331 e. The zero-order chi connectivity index (χ0) is 19.9. The Morgan fingerprint density at radius 3 is 2.56 bits per heavy atom. The molecule has 0 aromatic heterocycles. The molecule has 0 heterocycles. The third-order valence-corrected chi connectivity index (χ3v) is 4.81. The first-order valence-corrected chi connectivity index (χ1v) is 9.42. The van der Waals surface area contributed by atoms with Crippen LogP contribution >= 0.6 is 11.6 Å². The van der Waals surface area contributed by atoms with Gasteiger partial charge in [-0.05, 0) is 43.0 Å². The summed E-state index contributed by atoms with van der Waals surface area (Å²) >= 11 is 6.28. The third-order valence-electron chi connectivity index (χ3n) is 4.53. The second kappa shape index (κ2) is 9.65. The summed E-state index contributed by atoms with van der Waals surface area (Å²) in [5.41, 5.74) is -0.238. The van der Waals surface area contributed by atoms with E-state index >= 15 is 0 Å². The van der Waals surface area contributed by atoms with Crippen LogP contribution in [0.2, 0.25) is 5.02 Å². The molecule has 2 rings (SSSR count). The zero-order valence-corrected chi connectivity index (χ0v) is 16.7. The van der Waals surface area contributed by atoms with Gasteiger partial charge in [-0.3, -0.25) is 4.79 Å². The zero-order valence-electron chi connectivity index (χ0n) is 16.0. The summed E-state index contributed by atoms with van der Waals surface area (Å²) in [5, 5.41) is 3.21. The van der Waals surface area contributed by atoms with Gasteiger partial charge in [-0.25, -0.2) is 4.79 Å². The number of benzene rings is 1. The Kier molecular flexibility index (Phi) is 7.54. The molecule has 0 saturated heterocycles. The average molecular weight is 396 g/mol. The lowest BCUT2D eigenvalue weighted by molar-refractivity contribution is -0.150. The van der Waals surface area contributed by atoms with Gasteiger partial charge in [0, 0.05) is 6.08 Å². The van der Waals surface area contributed by atoms with Crippen LogP contribution in [0.3, 0.4) is 0 Å². The molecule has 1 aliphatic carbocycles. The molecule has 1 aliphatic rings. The van der Waals surface area contributed by atoms with Gasteiger partial charge in [0.25, 0.3) is 0 Å². The third kappa shape index (κ3) is 5.16. The van der Waals surface area contributed by atoms with Crippen molar-refractivity contribution < 1.29 is 23.8 Å². The highest BCUT2D eigenvalue weighted by molar-refractivity contribution is 6.32. The van der Waals surface area contributed by atoms with Crippen molar-refractivity contribution in [1.82, 2.24) is 5.32 Å². The first-order valence-electron chi connectivity index (χ1n) is 9.04. The molecule has 1 aromatic rings. The summed E-state index contributed by atoms with van der Waals surface area (Å²) in [6.07, 6.45) is 6.78. The van der Waals surface area contributed by atoms with E-state index < -0.39 is 11.5 Å². The number of esters is 1. The lowest BCUT2D eigenvalue weighted by atomic mass is 9.97. The maximum atomic E-state index is 12.4. The van der Waals surface area contributed by atoms with Gasteiger partial charge in [-0.2, -0.15) is 0 Å². The molecule has 0 aliphatic heterocycles. The van der Waals surface area contributed by atoms with Gasteiger partial charge in [0.1, 0.15) is 5.54 Å². The van der Waals surface area contributed by atoms with Gasteiger partial charge in [0.2, 0.25) is 5.91 Å². The smallest absolute Gasteiger partial charge is 0.331 e. The molecule has 1 aromatic carbocycles. The fourth-order valence-electron chi connectivity index (χ4n) is 3.18. The molecule has 0 atom stereocenters. The predicted octanol–water partition coefficient (Wildman–Crippen LogP) is 3.75. The topological polar surface area (TPSA) is 73.9 Å². The van der Waals surface area contributed by atoms with E-state index in [1.54, 1.807) is 18.2 Å². The number of carbonyl (C=O) groups is 2. The van der Waals surface area contributed by atoms with Crippen LogP contribution in [0.5, 0.6) is 11.5 Å². The van der Waals surface area contributed by atoms with Crippen molar-refractivity contribution in [2.24, 2.45) is 0 Å². The summed E-state index contributed by atoms with van der Waals surface area (Å²) in [7, 11) is 2.87. The van der Waals surface area contributed by atoms with Crippen molar-refractivity contribution in [2.45, 2.75) is 44.6 Å². The molecule has 1 saturated carbocycles. The number of rotatable bonds is 8. The minimum Gasteiger partial charge on any atom is -0.493 e. The van der Waals surface area contributed by atoms with E-state index in [2.05, 4.69) is 5.32 Å². The standard InChI is InChI=1S/C20H26ClNO5/c1-4-11-27-18-15(21)12-14(13-16(18)25-2)7-8-17(23)22-20(19(24)26-3)9-5-6-10-20/h7-8,12-13H,4-6,9-11H2,1-3H3,(H,22,23)/b8-7+. The van der Waals surface area contributed by atoms with Gasteiger partial charge in [-0.1, -0.05) is 31.4 Å². The Bertz CT molecular complexity index is 711. The van der Waals surface area contributed by atoms with Crippen LogP contribution in [0, 0.1) is 0 Å². The van der Waals surface area contributed by atoms with Gasteiger partial charge in [-0.15, -0.1) is 0 Å². The Hall–Kier alpha value is -2.21. The lowest BCUT2D eigenvalue weighted by Crippen LogP contribution is -2.52. The van der Waals surface area contributed by atoms with Crippen molar-refractivity contribution in [3.05, 3.63) is 28.8 Å². The average Bonchev–Trinajstić information content (AvgIpc) is 3.14. The van der Waals surface area contributed by atoms with E-state index in [4.69, 9.17) is 25.8 Å². The Balaban J connectivity index is 2.13. The molecule has 0 radical (unpaired) electrons. The molecule has 0 unspecified atom stereocenters. The first kappa shape index (κ1) is 21.1. The monoisotopic (exact) mass is 395 g/mol. The van der Waals surface area contributed by atoms with E-state index in [9.17, 15) is 9.59 Å². The number of hydrogen-bond acceptors (Lipinski definition) is 5. The fourth-order valence-corrected chi connectivity index (χ4v) is 3.46. The molecule has 148 valence electrons. The second-order valence-corrected chi connectivity index (χ2v) is 6.89. The normalized spacial score (nSPS) is 15.6. The van der Waals surface area contributed by atoms with E-state index in [-0.39, 0.29) is 5.91 Å². The molecule has 1 amide bonds. The van der Waals surface area contributed by atoms with Crippen LogP contribution in [0.25, 0.3) is 6.08 Å². The minimum atomic E-state index is -0.927. The van der Waals surface area contributed by atoms with Gasteiger partial charge >= 0.3 is 5.97 Å². The highest BCUT2D eigenvalue weighted by atomic mass is 35.5. The SMILES string of the molecule is CCCOc1c(Cl)cc(/C=C/C(=O)NC2(C(=O)OC)CCCC2)cc1OC. The fraction of sp³-hybridized carbons (Fsp3) is 0.500. The molecular formula is C20H26ClNO5. The summed E-state index contributed by atoms with van der Waals surface area (Å²) < 4.78 is 15.8. The summed E-state index contributed by atoms with van der Waals surface area (Å²) in [6, 6.07) is 3.44. The lowest BCUT2D eigenvalue weighted by Gasteiger charge is -2.26. The minimum absolute atomic E-state index is 0.358. The Morgan fingerprint density at radius 1 is 1.26 bits per heavy atom. The largest absolute Gasteiger partial charge is 0.493 e. The maximum absolute atomic E-state index is 12.4. The highest BCUT2D eigenvalue weighted by Gasteiger charge is 2.43. The van der Waals surface area contributed by atoms with Crippen LogP contribution in [0.4, 0.5) is 0 Å². The molecule has 0 bridgehead atoms. The van der Waals surface area contributed by atoms with Crippen molar-refractivity contribution in [2.75, 3.05) is 20.8 Å². The number of nitrogens with one attached hydrogen (secondary N) is 1. The summed E-state index contributed by atoms with van der Waals surface area (Å²) in [4.78, 5) is 24.4. The molecule has 6 nitrogen and oxygen atoms in total. The second-order valence-electron chi connectivity index (χ2n) is 6.49. The van der Waals surface area contributed by atoms with Crippen LogP contribution in [-0.2, 0) is 14.3 Å². The van der Waals surface area contributed by atoms with Gasteiger partial charge < -0.3 is 19.5 Å². The number of methoxy groups -OCH3 is 2. The summed E-state index contributed by atoms with van der Waals surface area (Å²) in [6.45, 7) is 2.53. The number of hydrogen-bond donors (Lipinski definition) is 1. The summed E-state index contributed by atoms with van der Waals surface area (Å²) in [5.74, 6) is 0.226. The quantitative estimate of drug-likeness (QED) is 0.536. The van der Waals surface area contributed by atoms with Crippen molar-refractivity contribution >= 4 is 29.6 Å². The number of ether oxygens (including phenoxy) is 3.